The Hall–Kier alpha value is 0.600. The molecule has 0 aliphatic carbocycles. The van der Waals surface area contributed by atoms with Crippen molar-refractivity contribution in [1.82, 2.24) is 0 Å². The van der Waals surface area contributed by atoms with E-state index >= 15 is 0 Å². The van der Waals surface area contributed by atoms with Crippen molar-refractivity contribution in [3.8, 4) is 0 Å². The first-order valence-corrected chi connectivity index (χ1v) is 4.14. The van der Waals surface area contributed by atoms with Gasteiger partial charge in [-0.25, -0.2) is 0 Å². The predicted molar refractivity (Wildman–Crippen MR) is 37.6 cm³/mol. The van der Waals surface area contributed by atoms with Crippen LogP contribution in [-0.4, -0.2) is 27.6 Å². The molecule has 0 radical (unpaired) electrons. The average molecular weight is 153 g/mol. The van der Waals surface area contributed by atoms with Gasteiger partial charge in [0.2, 0.25) is 0 Å². The summed E-state index contributed by atoms with van der Waals surface area (Å²) < 4.78 is 0. The second-order valence-electron chi connectivity index (χ2n) is 2.05. The summed E-state index contributed by atoms with van der Waals surface area (Å²) >= 11 is 7.47. The minimum absolute atomic E-state index is 0.0278. The van der Waals surface area contributed by atoms with Crippen molar-refractivity contribution in [2.45, 2.75) is 23.7 Å². The molecular formula is C5H9ClOS. The molecule has 0 amide bonds. The van der Waals surface area contributed by atoms with Crippen LogP contribution in [0.5, 0.6) is 0 Å². The first kappa shape index (κ1) is 6.72. The molecule has 0 saturated carbocycles. The van der Waals surface area contributed by atoms with Crippen LogP contribution >= 0.6 is 23.4 Å². The number of rotatable bonds is 0. The second kappa shape index (κ2) is 2.46. The summed E-state index contributed by atoms with van der Waals surface area (Å²) in [6.45, 7) is 2.04. The van der Waals surface area contributed by atoms with Crippen LogP contribution in [0.3, 0.4) is 0 Å². The van der Waals surface area contributed by atoms with Crippen LogP contribution in [-0.2, 0) is 0 Å². The molecule has 1 N–H and O–H groups in total. The molecule has 3 heteroatoms. The van der Waals surface area contributed by atoms with E-state index < -0.39 is 0 Å². The van der Waals surface area contributed by atoms with Crippen molar-refractivity contribution in [1.29, 1.82) is 0 Å². The number of hydrogen-bond acceptors (Lipinski definition) is 2. The zero-order valence-corrected chi connectivity index (χ0v) is 6.25. The third-order valence-electron chi connectivity index (χ3n) is 1.35. The number of alkyl halides is 1. The number of aliphatic hydroxyl groups excluding tert-OH is 1. The minimum Gasteiger partial charge on any atom is -0.391 e. The maximum Gasteiger partial charge on any atom is 0.0804 e. The van der Waals surface area contributed by atoms with Crippen molar-refractivity contribution in [3.63, 3.8) is 0 Å². The van der Waals surface area contributed by atoms with Gasteiger partial charge in [-0.3, -0.25) is 0 Å². The maximum atomic E-state index is 9.02. The average Bonchev–Trinajstić information content (AvgIpc) is 1.98. The van der Waals surface area contributed by atoms with Gasteiger partial charge in [0.05, 0.1) is 11.5 Å². The SMILES string of the molecule is CC1SCC(O)C1Cl. The molecule has 48 valence electrons. The van der Waals surface area contributed by atoms with Crippen LogP contribution in [0.15, 0.2) is 0 Å². The van der Waals surface area contributed by atoms with Crippen LogP contribution in [0.2, 0.25) is 0 Å². The molecule has 1 aliphatic heterocycles. The normalized spacial score (nSPS) is 47.6. The molecule has 0 aromatic rings. The van der Waals surface area contributed by atoms with Gasteiger partial charge < -0.3 is 5.11 Å². The summed E-state index contributed by atoms with van der Waals surface area (Å²) in [5.74, 6) is 0.801. The summed E-state index contributed by atoms with van der Waals surface area (Å²) in [6.07, 6.45) is -0.281. The molecule has 0 aromatic heterocycles. The van der Waals surface area contributed by atoms with Crippen LogP contribution in [0.25, 0.3) is 0 Å². The Balaban J connectivity index is 2.44. The number of thioether (sulfide) groups is 1. The van der Waals surface area contributed by atoms with Crippen molar-refractivity contribution in [2.75, 3.05) is 5.75 Å². The monoisotopic (exact) mass is 152 g/mol. The highest BCUT2D eigenvalue weighted by atomic mass is 35.5. The largest absolute Gasteiger partial charge is 0.391 e. The molecule has 1 rings (SSSR count). The van der Waals surface area contributed by atoms with Crippen molar-refractivity contribution >= 4 is 23.4 Å². The molecular weight excluding hydrogens is 144 g/mol. The summed E-state index contributed by atoms with van der Waals surface area (Å²) in [7, 11) is 0. The van der Waals surface area contributed by atoms with Crippen molar-refractivity contribution in [2.24, 2.45) is 0 Å². The van der Waals surface area contributed by atoms with E-state index in [0.29, 0.717) is 5.25 Å². The number of aliphatic hydroxyl groups is 1. The molecule has 3 unspecified atom stereocenters. The fourth-order valence-electron chi connectivity index (χ4n) is 0.747. The fraction of sp³-hybridized carbons (Fsp3) is 1.00. The number of halogens is 1. The Kier molecular flexibility index (Phi) is 2.07. The van der Waals surface area contributed by atoms with E-state index in [0.717, 1.165) is 5.75 Å². The lowest BCUT2D eigenvalue weighted by Crippen LogP contribution is -2.21. The third kappa shape index (κ3) is 1.12. The van der Waals surface area contributed by atoms with Crippen LogP contribution in [0.1, 0.15) is 6.92 Å². The van der Waals surface area contributed by atoms with Crippen LogP contribution in [0.4, 0.5) is 0 Å². The lowest BCUT2D eigenvalue weighted by atomic mass is 10.2. The molecule has 0 bridgehead atoms. The molecule has 0 aromatic carbocycles. The Labute approximate surface area is 58.4 Å². The van der Waals surface area contributed by atoms with E-state index in [1.54, 1.807) is 11.8 Å². The van der Waals surface area contributed by atoms with Gasteiger partial charge in [-0.05, 0) is 0 Å². The summed E-state index contributed by atoms with van der Waals surface area (Å²) in [4.78, 5) is 0. The first-order valence-electron chi connectivity index (χ1n) is 2.65. The lowest BCUT2D eigenvalue weighted by molar-refractivity contribution is 0.201. The molecule has 1 fully saturated rings. The minimum atomic E-state index is -0.281. The second-order valence-corrected chi connectivity index (χ2v) is 3.96. The first-order chi connectivity index (χ1) is 3.72. The van der Waals surface area contributed by atoms with Gasteiger partial charge in [0.25, 0.3) is 0 Å². The highest BCUT2D eigenvalue weighted by molar-refractivity contribution is 8.00. The van der Waals surface area contributed by atoms with E-state index in [2.05, 4.69) is 0 Å². The quantitative estimate of drug-likeness (QED) is 0.525. The molecule has 8 heavy (non-hydrogen) atoms. The van der Waals surface area contributed by atoms with Crippen LogP contribution < -0.4 is 0 Å². The molecule has 1 aliphatic rings. The van der Waals surface area contributed by atoms with E-state index in [-0.39, 0.29) is 11.5 Å². The van der Waals surface area contributed by atoms with E-state index in [4.69, 9.17) is 16.7 Å². The lowest BCUT2D eigenvalue weighted by Gasteiger charge is -2.06. The molecule has 3 atom stereocenters. The molecule has 1 saturated heterocycles. The molecule has 1 nitrogen and oxygen atoms in total. The van der Waals surface area contributed by atoms with Gasteiger partial charge in [0.1, 0.15) is 0 Å². The van der Waals surface area contributed by atoms with E-state index in [1.165, 1.54) is 0 Å². The van der Waals surface area contributed by atoms with Gasteiger partial charge in [0, 0.05) is 11.0 Å². The topological polar surface area (TPSA) is 20.2 Å². The summed E-state index contributed by atoms with van der Waals surface area (Å²) in [5, 5.41) is 9.41. The highest BCUT2D eigenvalue weighted by Gasteiger charge is 2.30. The third-order valence-corrected chi connectivity index (χ3v) is 3.52. The van der Waals surface area contributed by atoms with E-state index in [1.807, 2.05) is 6.92 Å². The molecule has 0 spiro atoms. The zero-order chi connectivity index (χ0) is 6.15. The Morgan fingerprint density at radius 1 is 1.75 bits per heavy atom. The standard InChI is InChI=1S/C5H9ClOS/c1-3-5(6)4(7)2-8-3/h3-5,7H,2H2,1H3. The fourth-order valence-corrected chi connectivity index (χ4v) is 2.23. The van der Waals surface area contributed by atoms with Gasteiger partial charge in [-0.1, -0.05) is 6.92 Å². The Morgan fingerprint density at radius 3 is 2.50 bits per heavy atom. The van der Waals surface area contributed by atoms with Gasteiger partial charge >= 0.3 is 0 Å². The van der Waals surface area contributed by atoms with E-state index in [9.17, 15) is 0 Å². The highest BCUT2D eigenvalue weighted by Crippen LogP contribution is 2.30. The number of hydrogen-bond donors (Lipinski definition) is 1. The maximum absolute atomic E-state index is 9.02. The Morgan fingerprint density at radius 2 is 2.38 bits per heavy atom. The Bertz CT molecular complexity index is 78.5. The van der Waals surface area contributed by atoms with Gasteiger partial charge in [0.15, 0.2) is 0 Å². The van der Waals surface area contributed by atoms with Crippen molar-refractivity contribution in [3.05, 3.63) is 0 Å². The molecule has 1 heterocycles. The summed E-state index contributed by atoms with van der Waals surface area (Å²) in [6, 6.07) is 0. The van der Waals surface area contributed by atoms with Crippen LogP contribution in [0, 0.1) is 0 Å². The van der Waals surface area contributed by atoms with Gasteiger partial charge in [-0.15, -0.1) is 11.6 Å². The zero-order valence-electron chi connectivity index (χ0n) is 4.67. The van der Waals surface area contributed by atoms with Crippen molar-refractivity contribution < 1.29 is 5.11 Å². The predicted octanol–water partition coefficient (Wildman–Crippen LogP) is 1.09. The summed E-state index contributed by atoms with van der Waals surface area (Å²) in [5.41, 5.74) is 0. The van der Waals surface area contributed by atoms with Gasteiger partial charge in [-0.2, -0.15) is 11.8 Å². The smallest absolute Gasteiger partial charge is 0.0804 e.